The van der Waals surface area contributed by atoms with Gasteiger partial charge < -0.3 is 9.80 Å². The van der Waals surface area contributed by atoms with Crippen LogP contribution in [0, 0.1) is 0 Å². The molecule has 0 bridgehead atoms. The normalized spacial score (nSPS) is 22.9. The lowest BCUT2D eigenvalue weighted by molar-refractivity contribution is 0.0519. The number of aromatic nitrogens is 2. The molecular formula is C16H24F2N4O. The Kier molecular flexibility index (Phi) is 5.25. The maximum atomic E-state index is 12.6. The summed E-state index contributed by atoms with van der Waals surface area (Å²) in [5, 5.41) is 3.72. The van der Waals surface area contributed by atoms with Crippen molar-refractivity contribution < 1.29 is 13.6 Å². The summed E-state index contributed by atoms with van der Waals surface area (Å²) in [6, 6.07) is 1.59. The molecule has 1 unspecified atom stereocenters. The SMILES string of the molecule is O=C(c1ccn(C(F)F)n1)N1CCCCC1CCN1CCCC1. The zero-order valence-corrected chi connectivity index (χ0v) is 13.3. The van der Waals surface area contributed by atoms with E-state index in [2.05, 4.69) is 10.00 Å². The molecule has 0 saturated carbocycles. The first kappa shape index (κ1) is 16.4. The van der Waals surface area contributed by atoms with E-state index < -0.39 is 6.55 Å². The van der Waals surface area contributed by atoms with Crippen molar-refractivity contribution >= 4 is 5.91 Å². The van der Waals surface area contributed by atoms with Crippen LogP contribution in [0.2, 0.25) is 0 Å². The molecule has 2 fully saturated rings. The molecule has 1 amide bonds. The Labute approximate surface area is 135 Å². The lowest BCUT2D eigenvalue weighted by Gasteiger charge is -2.36. The van der Waals surface area contributed by atoms with Crippen LogP contribution in [0.15, 0.2) is 12.3 Å². The van der Waals surface area contributed by atoms with E-state index in [1.807, 2.05) is 4.90 Å². The zero-order chi connectivity index (χ0) is 16.2. The van der Waals surface area contributed by atoms with Gasteiger partial charge in [-0.25, -0.2) is 4.68 Å². The summed E-state index contributed by atoms with van der Waals surface area (Å²) in [7, 11) is 0. The second-order valence-electron chi connectivity index (χ2n) is 6.44. The van der Waals surface area contributed by atoms with E-state index in [4.69, 9.17) is 0 Å². The van der Waals surface area contributed by atoms with Crippen LogP contribution in [0.25, 0.3) is 0 Å². The molecule has 2 aliphatic rings. The van der Waals surface area contributed by atoms with E-state index in [1.165, 1.54) is 25.1 Å². The molecule has 1 aromatic rings. The predicted octanol–water partition coefficient (Wildman–Crippen LogP) is 2.76. The third-order valence-corrected chi connectivity index (χ3v) is 4.89. The molecule has 2 aliphatic heterocycles. The standard InChI is InChI=1S/C16H24F2N4O/c17-16(18)22-12-7-14(19-22)15(23)21-10-2-1-5-13(21)6-11-20-8-3-4-9-20/h7,12-13,16H,1-6,8-11H2. The van der Waals surface area contributed by atoms with Gasteiger partial charge in [-0.3, -0.25) is 4.79 Å². The summed E-state index contributed by atoms with van der Waals surface area (Å²) < 4.78 is 25.8. The fraction of sp³-hybridized carbons (Fsp3) is 0.750. The van der Waals surface area contributed by atoms with Gasteiger partial charge in [-0.15, -0.1) is 0 Å². The molecule has 3 heterocycles. The van der Waals surface area contributed by atoms with Crippen molar-refractivity contribution in [3.63, 3.8) is 0 Å². The summed E-state index contributed by atoms with van der Waals surface area (Å²) in [5.41, 5.74) is 0.123. The lowest BCUT2D eigenvalue weighted by atomic mass is 9.98. The quantitative estimate of drug-likeness (QED) is 0.835. The van der Waals surface area contributed by atoms with Gasteiger partial charge in [-0.1, -0.05) is 0 Å². The number of rotatable bonds is 5. The number of likely N-dealkylation sites (tertiary alicyclic amines) is 2. The summed E-state index contributed by atoms with van der Waals surface area (Å²) in [6.07, 6.45) is 7.75. The molecule has 0 aliphatic carbocycles. The van der Waals surface area contributed by atoms with Crippen LogP contribution in [-0.4, -0.2) is 57.7 Å². The molecule has 1 atom stereocenters. The molecule has 0 spiro atoms. The van der Waals surface area contributed by atoms with Crippen molar-refractivity contribution in [1.82, 2.24) is 19.6 Å². The van der Waals surface area contributed by atoms with Crippen molar-refractivity contribution in [2.45, 2.75) is 51.1 Å². The first-order chi connectivity index (χ1) is 11.1. The summed E-state index contributed by atoms with van der Waals surface area (Å²) in [6.45, 7) is 1.31. The molecule has 3 rings (SSSR count). The maximum absolute atomic E-state index is 12.6. The Morgan fingerprint density at radius 1 is 1.22 bits per heavy atom. The minimum atomic E-state index is -2.70. The van der Waals surface area contributed by atoms with Gasteiger partial charge in [-0.05, 0) is 57.7 Å². The lowest BCUT2D eigenvalue weighted by Crippen LogP contribution is -2.45. The second-order valence-corrected chi connectivity index (χ2v) is 6.44. The van der Waals surface area contributed by atoms with Crippen LogP contribution in [-0.2, 0) is 0 Å². The molecule has 128 valence electrons. The zero-order valence-electron chi connectivity index (χ0n) is 13.3. The topological polar surface area (TPSA) is 41.4 Å². The third kappa shape index (κ3) is 3.88. The average molecular weight is 326 g/mol. The fourth-order valence-corrected chi connectivity index (χ4v) is 3.61. The maximum Gasteiger partial charge on any atom is 0.333 e. The monoisotopic (exact) mass is 326 g/mol. The van der Waals surface area contributed by atoms with Gasteiger partial charge in [0.15, 0.2) is 5.69 Å². The van der Waals surface area contributed by atoms with Crippen LogP contribution in [0.4, 0.5) is 8.78 Å². The predicted molar refractivity (Wildman–Crippen MR) is 82.4 cm³/mol. The fourth-order valence-electron chi connectivity index (χ4n) is 3.61. The number of amides is 1. The average Bonchev–Trinajstić information content (AvgIpc) is 3.24. The van der Waals surface area contributed by atoms with Gasteiger partial charge in [0.25, 0.3) is 5.91 Å². The molecule has 1 aromatic heterocycles. The number of hydrogen-bond acceptors (Lipinski definition) is 3. The van der Waals surface area contributed by atoms with Crippen molar-refractivity contribution in [2.24, 2.45) is 0 Å². The minimum absolute atomic E-state index is 0.123. The first-order valence-electron chi connectivity index (χ1n) is 8.52. The molecule has 2 saturated heterocycles. The minimum Gasteiger partial charge on any atom is -0.334 e. The largest absolute Gasteiger partial charge is 0.334 e. The van der Waals surface area contributed by atoms with Gasteiger partial charge in [0, 0.05) is 25.3 Å². The van der Waals surface area contributed by atoms with E-state index in [0.29, 0.717) is 11.2 Å². The van der Waals surface area contributed by atoms with Gasteiger partial charge in [0.2, 0.25) is 0 Å². The number of piperidine rings is 1. The molecular weight excluding hydrogens is 302 g/mol. The highest BCUT2D eigenvalue weighted by molar-refractivity contribution is 5.92. The molecule has 0 radical (unpaired) electrons. The third-order valence-electron chi connectivity index (χ3n) is 4.89. The molecule has 7 heteroatoms. The van der Waals surface area contributed by atoms with Crippen molar-refractivity contribution in [1.29, 1.82) is 0 Å². The first-order valence-corrected chi connectivity index (χ1v) is 8.52. The van der Waals surface area contributed by atoms with Crippen LogP contribution in [0.1, 0.15) is 55.6 Å². The van der Waals surface area contributed by atoms with Crippen LogP contribution in [0.3, 0.4) is 0 Å². The van der Waals surface area contributed by atoms with E-state index in [1.54, 1.807) is 0 Å². The second kappa shape index (κ2) is 7.38. The molecule has 0 N–H and O–H groups in total. The number of carbonyl (C=O) groups is 1. The summed E-state index contributed by atoms with van der Waals surface area (Å²) in [4.78, 5) is 16.9. The van der Waals surface area contributed by atoms with E-state index in [-0.39, 0.29) is 17.6 Å². The Balaban J connectivity index is 1.63. The molecule has 0 aromatic carbocycles. The summed E-state index contributed by atoms with van der Waals surface area (Å²) >= 11 is 0. The van der Waals surface area contributed by atoms with Crippen LogP contribution >= 0.6 is 0 Å². The highest BCUT2D eigenvalue weighted by atomic mass is 19.3. The summed E-state index contributed by atoms with van der Waals surface area (Å²) in [5.74, 6) is -0.212. The molecule has 23 heavy (non-hydrogen) atoms. The number of alkyl halides is 2. The number of carbonyl (C=O) groups excluding carboxylic acids is 1. The van der Waals surface area contributed by atoms with Crippen LogP contribution in [0.5, 0.6) is 0 Å². The van der Waals surface area contributed by atoms with Gasteiger partial charge >= 0.3 is 6.55 Å². The van der Waals surface area contributed by atoms with Crippen molar-refractivity contribution in [3.8, 4) is 0 Å². The van der Waals surface area contributed by atoms with Gasteiger partial charge in [0.05, 0.1) is 0 Å². The number of halogens is 2. The van der Waals surface area contributed by atoms with Gasteiger partial charge in [-0.2, -0.15) is 13.9 Å². The van der Waals surface area contributed by atoms with Crippen molar-refractivity contribution in [2.75, 3.05) is 26.2 Å². The Bertz CT molecular complexity index is 528. The number of hydrogen-bond donors (Lipinski definition) is 0. The molecule has 5 nitrogen and oxygen atoms in total. The highest BCUT2D eigenvalue weighted by Gasteiger charge is 2.29. The Hall–Kier alpha value is -1.50. The van der Waals surface area contributed by atoms with Gasteiger partial charge in [0.1, 0.15) is 0 Å². The van der Waals surface area contributed by atoms with Crippen molar-refractivity contribution in [3.05, 3.63) is 18.0 Å². The Morgan fingerprint density at radius 3 is 2.65 bits per heavy atom. The van der Waals surface area contributed by atoms with Crippen LogP contribution < -0.4 is 0 Å². The van der Waals surface area contributed by atoms with E-state index in [9.17, 15) is 13.6 Å². The highest BCUT2D eigenvalue weighted by Crippen LogP contribution is 2.23. The van der Waals surface area contributed by atoms with E-state index >= 15 is 0 Å². The smallest absolute Gasteiger partial charge is 0.333 e. The van der Waals surface area contributed by atoms with E-state index in [0.717, 1.165) is 45.3 Å². The number of nitrogens with zero attached hydrogens (tertiary/aromatic N) is 4. The Morgan fingerprint density at radius 2 is 1.96 bits per heavy atom.